The Balaban J connectivity index is 1.90. The Hall–Kier alpha value is -3.32. The van der Waals surface area contributed by atoms with Crippen LogP contribution in [0.3, 0.4) is 0 Å². The number of non-ortho nitro benzene ring substituents is 1. The lowest BCUT2D eigenvalue weighted by atomic mass is 10.0. The molecule has 0 unspecified atom stereocenters. The molecule has 128 valence electrons. The van der Waals surface area contributed by atoms with E-state index in [9.17, 15) is 10.1 Å². The van der Waals surface area contributed by atoms with Gasteiger partial charge in [-0.05, 0) is 24.6 Å². The van der Waals surface area contributed by atoms with Crippen molar-refractivity contribution in [2.24, 2.45) is 0 Å². The van der Waals surface area contributed by atoms with Gasteiger partial charge in [0, 0.05) is 41.5 Å². The van der Waals surface area contributed by atoms with E-state index in [0.717, 1.165) is 22.0 Å². The normalized spacial score (nSPS) is 11.0. The van der Waals surface area contributed by atoms with E-state index in [4.69, 9.17) is 11.6 Å². The number of hydrogen-bond acceptors (Lipinski definition) is 5. The molecule has 0 amide bonds. The summed E-state index contributed by atoms with van der Waals surface area (Å²) in [6.07, 6.45) is 5.01. The topological polar surface area (TPSA) is 86.7 Å². The van der Waals surface area contributed by atoms with Crippen molar-refractivity contribution >= 4 is 28.2 Å². The van der Waals surface area contributed by atoms with Crippen LogP contribution in [0.5, 0.6) is 0 Å². The minimum atomic E-state index is -0.410. The van der Waals surface area contributed by atoms with Crippen LogP contribution < -0.4 is 0 Å². The summed E-state index contributed by atoms with van der Waals surface area (Å²) in [4.78, 5) is 23.3. The van der Waals surface area contributed by atoms with Crippen molar-refractivity contribution < 1.29 is 4.92 Å². The predicted molar refractivity (Wildman–Crippen MR) is 98.5 cm³/mol. The molecule has 7 nitrogen and oxygen atoms in total. The number of aryl methyl sites for hydroxylation is 1. The van der Waals surface area contributed by atoms with Gasteiger partial charge in [-0.15, -0.1) is 0 Å². The van der Waals surface area contributed by atoms with Crippen molar-refractivity contribution in [1.82, 2.24) is 19.5 Å². The molecule has 0 radical (unpaired) electrons. The van der Waals surface area contributed by atoms with E-state index in [2.05, 4.69) is 15.0 Å². The Morgan fingerprint density at radius 1 is 1.12 bits per heavy atom. The van der Waals surface area contributed by atoms with Gasteiger partial charge in [0.05, 0.1) is 16.1 Å². The Bertz CT molecular complexity index is 1160. The first kappa shape index (κ1) is 16.2. The molecule has 3 aromatic heterocycles. The zero-order valence-corrected chi connectivity index (χ0v) is 14.4. The van der Waals surface area contributed by atoms with Gasteiger partial charge >= 0.3 is 0 Å². The Morgan fingerprint density at radius 2 is 1.96 bits per heavy atom. The number of nitrogens with zero attached hydrogens (tertiary/aromatic N) is 5. The number of aromatic nitrogens is 4. The van der Waals surface area contributed by atoms with Crippen molar-refractivity contribution in [3.05, 3.63) is 76.0 Å². The molecule has 0 N–H and O–H groups in total. The first-order valence-electron chi connectivity index (χ1n) is 7.73. The standard InChI is InChI=1S/C18H12ClN5O2/c1-11-2-3-13(24(25)26)6-14(11)15-7-16-12(9-20-15)4-5-23(16)18-8-17(19)21-10-22-18/h2-10H,1H3. The number of rotatable bonds is 3. The molecule has 0 aliphatic heterocycles. The summed E-state index contributed by atoms with van der Waals surface area (Å²) in [6.45, 7) is 1.90. The van der Waals surface area contributed by atoms with Crippen LogP contribution in [-0.2, 0) is 0 Å². The van der Waals surface area contributed by atoms with Gasteiger partial charge in [-0.25, -0.2) is 9.97 Å². The van der Waals surface area contributed by atoms with E-state index in [-0.39, 0.29) is 5.69 Å². The number of benzene rings is 1. The van der Waals surface area contributed by atoms with E-state index >= 15 is 0 Å². The van der Waals surface area contributed by atoms with Gasteiger partial charge in [-0.1, -0.05) is 17.7 Å². The molecule has 0 bridgehead atoms. The highest BCUT2D eigenvalue weighted by Gasteiger charge is 2.13. The molecule has 4 aromatic rings. The second-order valence-corrected chi connectivity index (χ2v) is 6.16. The highest BCUT2D eigenvalue weighted by atomic mass is 35.5. The van der Waals surface area contributed by atoms with Crippen LogP contribution in [0.1, 0.15) is 5.56 Å². The van der Waals surface area contributed by atoms with Crippen molar-refractivity contribution in [1.29, 1.82) is 0 Å². The number of halogens is 1. The summed E-state index contributed by atoms with van der Waals surface area (Å²) in [5.41, 5.74) is 3.18. The number of hydrogen-bond donors (Lipinski definition) is 0. The highest BCUT2D eigenvalue weighted by molar-refractivity contribution is 6.29. The third kappa shape index (κ3) is 2.78. The SMILES string of the molecule is Cc1ccc([N+](=O)[O-])cc1-c1cc2c(ccn2-c2cc(Cl)ncn2)cn1. The lowest BCUT2D eigenvalue weighted by Gasteiger charge is -2.08. The van der Waals surface area contributed by atoms with Crippen molar-refractivity contribution in [2.45, 2.75) is 6.92 Å². The van der Waals surface area contributed by atoms with E-state index < -0.39 is 4.92 Å². The first-order valence-corrected chi connectivity index (χ1v) is 8.11. The average Bonchev–Trinajstić information content (AvgIpc) is 3.05. The molecule has 4 rings (SSSR count). The van der Waals surface area contributed by atoms with Gasteiger partial charge in [0.25, 0.3) is 5.69 Å². The third-order valence-corrected chi connectivity index (χ3v) is 4.36. The Morgan fingerprint density at radius 3 is 2.73 bits per heavy atom. The van der Waals surface area contributed by atoms with Gasteiger partial charge in [0.1, 0.15) is 17.3 Å². The third-order valence-electron chi connectivity index (χ3n) is 4.15. The molecular formula is C18H12ClN5O2. The maximum Gasteiger partial charge on any atom is 0.270 e. The highest BCUT2D eigenvalue weighted by Crippen LogP contribution is 2.29. The number of fused-ring (bicyclic) bond motifs is 1. The number of nitro benzene ring substituents is 1. The summed E-state index contributed by atoms with van der Waals surface area (Å²) in [5, 5.41) is 12.4. The van der Waals surface area contributed by atoms with Crippen molar-refractivity contribution in [3.8, 4) is 17.1 Å². The van der Waals surface area contributed by atoms with Gasteiger partial charge in [-0.2, -0.15) is 0 Å². The molecule has 8 heteroatoms. The van der Waals surface area contributed by atoms with E-state index in [1.54, 1.807) is 24.4 Å². The second kappa shape index (κ2) is 6.20. The average molecular weight is 366 g/mol. The molecule has 0 aliphatic carbocycles. The van der Waals surface area contributed by atoms with Crippen LogP contribution in [0, 0.1) is 17.0 Å². The van der Waals surface area contributed by atoms with Crippen LogP contribution in [0.4, 0.5) is 5.69 Å². The van der Waals surface area contributed by atoms with Crippen molar-refractivity contribution in [2.75, 3.05) is 0 Å². The Labute approximate surface area is 153 Å². The molecule has 0 saturated carbocycles. The lowest BCUT2D eigenvalue weighted by molar-refractivity contribution is -0.384. The number of nitro groups is 1. The lowest BCUT2D eigenvalue weighted by Crippen LogP contribution is -1.97. The summed E-state index contributed by atoms with van der Waals surface area (Å²) < 4.78 is 1.88. The van der Waals surface area contributed by atoms with Crippen LogP contribution in [0.15, 0.2) is 55.1 Å². The smallest absolute Gasteiger partial charge is 0.270 e. The largest absolute Gasteiger partial charge is 0.301 e. The monoisotopic (exact) mass is 365 g/mol. The zero-order valence-electron chi connectivity index (χ0n) is 13.6. The minimum absolute atomic E-state index is 0.0328. The molecular weight excluding hydrogens is 354 g/mol. The van der Waals surface area contributed by atoms with E-state index in [0.29, 0.717) is 16.7 Å². The fourth-order valence-corrected chi connectivity index (χ4v) is 2.97. The van der Waals surface area contributed by atoms with Gasteiger partial charge in [-0.3, -0.25) is 15.1 Å². The molecule has 0 atom stereocenters. The molecule has 26 heavy (non-hydrogen) atoms. The molecule has 0 fully saturated rings. The molecule has 0 spiro atoms. The van der Waals surface area contributed by atoms with Crippen LogP contribution >= 0.6 is 11.6 Å². The van der Waals surface area contributed by atoms with Crippen LogP contribution in [0.2, 0.25) is 5.15 Å². The van der Waals surface area contributed by atoms with Gasteiger partial charge in [0.15, 0.2) is 0 Å². The number of pyridine rings is 1. The summed E-state index contributed by atoms with van der Waals surface area (Å²) in [7, 11) is 0. The molecule has 0 aliphatic rings. The van der Waals surface area contributed by atoms with Crippen LogP contribution in [-0.4, -0.2) is 24.4 Å². The maximum absolute atomic E-state index is 11.1. The summed E-state index contributed by atoms with van der Waals surface area (Å²) >= 11 is 5.97. The quantitative estimate of drug-likeness (QED) is 0.306. The fraction of sp³-hybridized carbons (Fsp3) is 0.0556. The van der Waals surface area contributed by atoms with E-state index in [1.165, 1.54) is 12.4 Å². The Kier molecular flexibility index (Phi) is 3.85. The summed E-state index contributed by atoms with van der Waals surface area (Å²) in [6, 6.07) is 10.2. The van der Waals surface area contributed by atoms with Gasteiger partial charge in [0.2, 0.25) is 0 Å². The predicted octanol–water partition coefficient (Wildman–Crippen LogP) is 4.35. The fourth-order valence-electron chi connectivity index (χ4n) is 2.83. The molecule has 3 heterocycles. The van der Waals surface area contributed by atoms with Gasteiger partial charge < -0.3 is 4.57 Å². The minimum Gasteiger partial charge on any atom is -0.301 e. The van der Waals surface area contributed by atoms with Crippen molar-refractivity contribution in [3.63, 3.8) is 0 Å². The molecule has 0 saturated heterocycles. The molecule has 1 aromatic carbocycles. The summed E-state index contributed by atoms with van der Waals surface area (Å²) in [5.74, 6) is 0.632. The van der Waals surface area contributed by atoms with Crippen LogP contribution in [0.25, 0.3) is 28.0 Å². The first-order chi connectivity index (χ1) is 12.5. The van der Waals surface area contributed by atoms with E-state index in [1.807, 2.05) is 29.8 Å². The second-order valence-electron chi connectivity index (χ2n) is 5.77. The maximum atomic E-state index is 11.1. The zero-order chi connectivity index (χ0) is 18.3.